The van der Waals surface area contributed by atoms with Crippen molar-refractivity contribution in [2.75, 3.05) is 12.4 Å². The first-order chi connectivity index (χ1) is 13.2. The summed E-state index contributed by atoms with van der Waals surface area (Å²) in [6.07, 6.45) is 10.9. The molecule has 3 aromatic rings. The van der Waals surface area contributed by atoms with E-state index in [0.29, 0.717) is 11.6 Å². The van der Waals surface area contributed by atoms with Crippen molar-refractivity contribution in [2.24, 2.45) is 13.0 Å². The standard InChI is InChI=1S/C21H24N4O2/c1-25-13-17(12-23-25)15-8-9-16-11-22-20(19(27-2)18(16)10-15)24-21(26)14-6-4-3-5-7-14/h8-14H,3-7H2,1-2H3,(H,22,24,26). The average Bonchev–Trinajstić information content (AvgIpc) is 3.14. The van der Waals surface area contributed by atoms with Gasteiger partial charge < -0.3 is 10.1 Å². The van der Waals surface area contributed by atoms with Gasteiger partial charge in [-0.2, -0.15) is 5.10 Å². The lowest BCUT2D eigenvalue weighted by Gasteiger charge is -2.21. The molecule has 1 amide bonds. The molecule has 0 atom stereocenters. The van der Waals surface area contributed by atoms with Crippen LogP contribution in [0.1, 0.15) is 32.1 Å². The van der Waals surface area contributed by atoms with Crippen LogP contribution in [-0.2, 0) is 11.8 Å². The van der Waals surface area contributed by atoms with Crippen LogP contribution in [0.5, 0.6) is 5.75 Å². The number of hydrogen-bond acceptors (Lipinski definition) is 4. The molecule has 0 saturated heterocycles. The van der Waals surface area contributed by atoms with Gasteiger partial charge in [0.1, 0.15) is 0 Å². The Labute approximate surface area is 158 Å². The average molecular weight is 364 g/mol. The van der Waals surface area contributed by atoms with E-state index in [0.717, 1.165) is 47.6 Å². The van der Waals surface area contributed by atoms with Crippen LogP contribution in [-0.4, -0.2) is 27.8 Å². The van der Waals surface area contributed by atoms with Crippen molar-refractivity contribution in [3.8, 4) is 16.9 Å². The highest BCUT2D eigenvalue weighted by Crippen LogP contribution is 2.35. The highest BCUT2D eigenvalue weighted by Gasteiger charge is 2.23. The molecule has 0 aliphatic heterocycles. The van der Waals surface area contributed by atoms with Gasteiger partial charge in [0.25, 0.3) is 0 Å². The van der Waals surface area contributed by atoms with Crippen LogP contribution in [0.15, 0.2) is 36.8 Å². The molecule has 2 aromatic heterocycles. The Bertz CT molecular complexity index is 973. The molecule has 1 N–H and O–H groups in total. The lowest BCUT2D eigenvalue weighted by molar-refractivity contribution is -0.120. The zero-order valence-corrected chi connectivity index (χ0v) is 15.7. The number of amides is 1. The summed E-state index contributed by atoms with van der Waals surface area (Å²) in [4.78, 5) is 17.1. The third-order valence-corrected chi connectivity index (χ3v) is 5.31. The van der Waals surface area contributed by atoms with Crippen molar-refractivity contribution in [1.29, 1.82) is 0 Å². The molecule has 0 bridgehead atoms. The number of aryl methyl sites for hydroxylation is 1. The molecule has 0 unspecified atom stereocenters. The number of nitrogens with one attached hydrogen (secondary N) is 1. The van der Waals surface area contributed by atoms with Crippen molar-refractivity contribution in [3.63, 3.8) is 0 Å². The lowest BCUT2D eigenvalue weighted by Crippen LogP contribution is -2.25. The van der Waals surface area contributed by atoms with Gasteiger partial charge in [-0.25, -0.2) is 4.98 Å². The number of anilines is 1. The first-order valence-electron chi connectivity index (χ1n) is 9.42. The van der Waals surface area contributed by atoms with Gasteiger partial charge in [-0.15, -0.1) is 0 Å². The SMILES string of the molecule is COc1c(NC(=O)C2CCCCC2)ncc2ccc(-c3cnn(C)c3)cc12. The fraction of sp³-hybridized carbons (Fsp3) is 0.381. The number of benzene rings is 1. The van der Waals surface area contributed by atoms with Gasteiger partial charge in [0.15, 0.2) is 11.6 Å². The van der Waals surface area contributed by atoms with E-state index < -0.39 is 0 Å². The smallest absolute Gasteiger partial charge is 0.228 e. The maximum atomic E-state index is 12.6. The molecule has 1 aromatic carbocycles. The van der Waals surface area contributed by atoms with Crippen molar-refractivity contribution >= 4 is 22.5 Å². The van der Waals surface area contributed by atoms with E-state index in [-0.39, 0.29) is 11.8 Å². The van der Waals surface area contributed by atoms with E-state index >= 15 is 0 Å². The molecule has 6 nitrogen and oxygen atoms in total. The van der Waals surface area contributed by atoms with Crippen molar-refractivity contribution in [2.45, 2.75) is 32.1 Å². The van der Waals surface area contributed by atoms with Crippen LogP contribution in [0, 0.1) is 5.92 Å². The summed E-state index contributed by atoms with van der Waals surface area (Å²) in [5.41, 5.74) is 2.08. The predicted molar refractivity (Wildman–Crippen MR) is 106 cm³/mol. The van der Waals surface area contributed by atoms with Crippen molar-refractivity contribution in [1.82, 2.24) is 14.8 Å². The second-order valence-electron chi connectivity index (χ2n) is 7.17. The van der Waals surface area contributed by atoms with E-state index in [1.807, 2.05) is 31.6 Å². The number of fused-ring (bicyclic) bond motifs is 1. The number of hydrogen-bond donors (Lipinski definition) is 1. The Hall–Kier alpha value is -2.89. The maximum absolute atomic E-state index is 12.6. The van der Waals surface area contributed by atoms with Gasteiger partial charge in [0.05, 0.1) is 13.3 Å². The number of carbonyl (C=O) groups excluding carboxylic acids is 1. The summed E-state index contributed by atoms with van der Waals surface area (Å²) in [5.74, 6) is 1.21. The quantitative estimate of drug-likeness (QED) is 0.755. The van der Waals surface area contributed by atoms with Gasteiger partial charge in [0, 0.05) is 41.7 Å². The Morgan fingerprint density at radius 1 is 1.19 bits per heavy atom. The number of aromatic nitrogens is 3. The molecule has 140 valence electrons. The van der Waals surface area contributed by atoms with E-state index in [9.17, 15) is 4.79 Å². The number of methoxy groups -OCH3 is 1. The summed E-state index contributed by atoms with van der Waals surface area (Å²) >= 11 is 0. The molecule has 0 spiro atoms. The van der Waals surface area contributed by atoms with E-state index in [1.165, 1.54) is 6.42 Å². The molecule has 1 aliphatic rings. The molecule has 0 radical (unpaired) electrons. The number of ether oxygens (including phenoxy) is 1. The highest BCUT2D eigenvalue weighted by atomic mass is 16.5. The zero-order chi connectivity index (χ0) is 18.8. The van der Waals surface area contributed by atoms with Crippen LogP contribution in [0.3, 0.4) is 0 Å². The molecule has 1 aliphatic carbocycles. The topological polar surface area (TPSA) is 69.0 Å². The fourth-order valence-corrected chi connectivity index (χ4v) is 3.81. The molecule has 27 heavy (non-hydrogen) atoms. The van der Waals surface area contributed by atoms with Crippen molar-refractivity contribution in [3.05, 3.63) is 36.8 Å². The minimum atomic E-state index is 0.0447. The Kier molecular flexibility index (Phi) is 4.79. The summed E-state index contributed by atoms with van der Waals surface area (Å²) in [7, 11) is 3.51. The van der Waals surface area contributed by atoms with E-state index in [4.69, 9.17) is 4.74 Å². The first-order valence-corrected chi connectivity index (χ1v) is 9.42. The lowest BCUT2D eigenvalue weighted by atomic mass is 9.88. The molecule has 1 fully saturated rings. The fourth-order valence-electron chi connectivity index (χ4n) is 3.81. The summed E-state index contributed by atoms with van der Waals surface area (Å²) in [6, 6.07) is 6.11. The van der Waals surface area contributed by atoms with Crippen molar-refractivity contribution < 1.29 is 9.53 Å². The van der Waals surface area contributed by atoms with Gasteiger partial charge in [-0.3, -0.25) is 9.48 Å². The second kappa shape index (κ2) is 7.39. The third kappa shape index (κ3) is 3.52. The third-order valence-electron chi connectivity index (χ3n) is 5.31. The Balaban J connectivity index is 1.69. The van der Waals surface area contributed by atoms with Crippen LogP contribution in [0.4, 0.5) is 5.82 Å². The Morgan fingerprint density at radius 2 is 2.00 bits per heavy atom. The normalized spacial score (nSPS) is 15.0. The molecule has 4 rings (SSSR count). The zero-order valence-electron chi connectivity index (χ0n) is 15.7. The number of carbonyl (C=O) groups is 1. The minimum Gasteiger partial charge on any atom is -0.492 e. The van der Waals surface area contributed by atoms with Crippen LogP contribution in [0.2, 0.25) is 0 Å². The van der Waals surface area contributed by atoms with Gasteiger partial charge in [0.2, 0.25) is 5.91 Å². The van der Waals surface area contributed by atoms with Crippen LogP contribution >= 0.6 is 0 Å². The van der Waals surface area contributed by atoms with Gasteiger partial charge >= 0.3 is 0 Å². The molecule has 2 heterocycles. The predicted octanol–water partition coefficient (Wildman–Crippen LogP) is 4.16. The van der Waals surface area contributed by atoms with Gasteiger partial charge in [-0.05, 0) is 24.5 Å². The number of pyridine rings is 1. The number of nitrogens with zero attached hydrogens (tertiary/aromatic N) is 3. The molecule has 1 saturated carbocycles. The number of rotatable bonds is 4. The maximum Gasteiger partial charge on any atom is 0.228 e. The first kappa shape index (κ1) is 17.5. The van der Waals surface area contributed by atoms with E-state index in [1.54, 1.807) is 18.0 Å². The largest absolute Gasteiger partial charge is 0.492 e. The minimum absolute atomic E-state index is 0.0447. The molecular formula is C21H24N4O2. The summed E-state index contributed by atoms with van der Waals surface area (Å²) < 4.78 is 7.42. The Morgan fingerprint density at radius 3 is 2.70 bits per heavy atom. The molecular weight excluding hydrogens is 340 g/mol. The summed E-state index contributed by atoms with van der Waals surface area (Å²) in [6.45, 7) is 0. The van der Waals surface area contributed by atoms with Gasteiger partial charge in [-0.1, -0.05) is 31.4 Å². The second-order valence-corrected chi connectivity index (χ2v) is 7.17. The molecule has 6 heteroatoms. The van der Waals surface area contributed by atoms with Crippen LogP contribution < -0.4 is 10.1 Å². The van der Waals surface area contributed by atoms with Crippen LogP contribution in [0.25, 0.3) is 21.9 Å². The monoisotopic (exact) mass is 364 g/mol. The van der Waals surface area contributed by atoms with E-state index in [2.05, 4.69) is 21.5 Å². The highest BCUT2D eigenvalue weighted by molar-refractivity contribution is 5.99. The summed E-state index contributed by atoms with van der Waals surface area (Å²) in [5, 5.41) is 9.13.